The third-order valence-corrected chi connectivity index (χ3v) is 4.84. The molecule has 1 heterocycles. The second-order valence-corrected chi connectivity index (χ2v) is 6.72. The summed E-state index contributed by atoms with van der Waals surface area (Å²) in [6, 6.07) is 11.9. The lowest BCUT2D eigenvalue weighted by molar-refractivity contribution is 0.0997. The molecule has 2 aromatic carbocycles. The van der Waals surface area contributed by atoms with Gasteiger partial charge in [0, 0.05) is 21.1 Å². The first kappa shape index (κ1) is 16.8. The Balaban J connectivity index is 2.01. The molecule has 0 spiro atoms. The van der Waals surface area contributed by atoms with Gasteiger partial charge >= 0.3 is 0 Å². The van der Waals surface area contributed by atoms with Crippen LogP contribution in [0.4, 0.5) is 5.69 Å². The smallest absolute Gasteiger partial charge is 0.291 e. The summed E-state index contributed by atoms with van der Waals surface area (Å²) in [5.41, 5.74) is 4.77. The highest BCUT2D eigenvalue weighted by molar-refractivity contribution is 9.10. The van der Waals surface area contributed by atoms with Gasteiger partial charge in [-0.3, -0.25) is 4.79 Å². The molecule has 1 N–H and O–H groups in total. The maximum atomic E-state index is 12.8. The first-order valence-electron chi connectivity index (χ1n) is 8.15. The topological polar surface area (TPSA) is 42.2 Å². The molecule has 0 unspecified atom stereocenters. The zero-order valence-corrected chi connectivity index (χ0v) is 15.7. The van der Waals surface area contributed by atoms with E-state index in [1.165, 1.54) is 0 Å². The number of rotatable bonds is 4. The third kappa shape index (κ3) is 2.98. The van der Waals surface area contributed by atoms with E-state index < -0.39 is 0 Å². The highest BCUT2D eigenvalue weighted by Gasteiger charge is 2.19. The van der Waals surface area contributed by atoms with E-state index >= 15 is 0 Å². The number of amides is 1. The van der Waals surface area contributed by atoms with Crippen LogP contribution < -0.4 is 5.32 Å². The summed E-state index contributed by atoms with van der Waals surface area (Å²) in [5, 5.41) is 4.02. The average Bonchev–Trinajstić information content (AvgIpc) is 2.91. The largest absolute Gasteiger partial charge is 0.451 e. The molecule has 0 aliphatic carbocycles. The molecule has 0 radical (unpaired) electrons. The van der Waals surface area contributed by atoms with E-state index in [1.807, 2.05) is 31.2 Å². The van der Waals surface area contributed by atoms with Gasteiger partial charge < -0.3 is 9.73 Å². The van der Waals surface area contributed by atoms with E-state index in [2.05, 4.69) is 47.2 Å². The molecule has 0 aliphatic rings. The molecule has 0 saturated carbocycles. The van der Waals surface area contributed by atoms with Gasteiger partial charge in [0.2, 0.25) is 0 Å². The predicted octanol–water partition coefficient (Wildman–Crippen LogP) is 5.88. The molecule has 124 valence electrons. The Kier molecular flexibility index (Phi) is 4.76. The van der Waals surface area contributed by atoms with Gasteiger partial charge in [0.05, 0.1) is 0 Å². The number of nitrogens with one attached hydrogen (secondary N) is 1. The first-order valence-corrected chi connectivity index (χ1v) is 8.95. The Morgan fingerprint density at radius 2 is 1.79 bits per heavy atom. The predicted molar refractivity (Wildman–Crippen MR) is 102 cm³/mol. The van der Waals surface area contributed by atoms with Gasteiger partial charge in [0.1, 0.15) is 5.58 Å². The molecule has 1 amide bonds. The maximum Gasteiger partial charge on any atom is 0.291 e. The molecule has 3 rings (SSSR count). The van der Waals surface area contributed by atoms with Gasteiger partial charge in [-0.15, -0.1) is 0 Å². The van der Waals surface area contributed by atoms with Gasteiger partial charge in [0.15, 0.2) is 5.76 Å². The molecule has 3 aromatic rings. The highest BCUT2D eigenvalue weighted by atomic mass is 79.9. The van der Waals surface area contributed by atoms with Crippen molar-refractivity contribution < 1.29 is 9.21 Å². The Morgan fingerprint density at radius 3 is 2.42 bits per heavy atom. The second kappa shape index (κ2) is 6.81. The summed E-state index contributed by atoms with van der Waals surface area (Å²) >= 11 is 3.46. The van der Waals surface area contributed by atoms with Crippen molar-refractivity contribution in [1.29, 1.82) is 0 Å². The molecular weight excluding hydrogens is 366 g/mol. The summed E-state index contributed by atoms with van der Waals surface area (Å²) in [4.78, 5) is 12.8. The van der Waals surface area contributed by atoms with Crippen molar-refractivity contribution in [3.8, 4) is 0 Å². The summed E-state index contributed by atoms with van der Waals surface area (Å²) < 4.78 is 6.77. The summed E-state index contributed by atoms with van der Waals surface area (Å²) in [6.45, 7) is 6.10. The van der Waals surface area contributed by atoms with Gasteiger partial charge in [-0.2, -0.15) is 0 Å². The number of hydrogen-bond donors (Lipinski definition) is 1. The normalized spacial score (nSPS) is 11.0. The molecule has 0 fully saturated rings. The highest BCUT2D eigenvalue weighted by Crippen LogP contribution is 2.29. The number of halogens is 1. The zero-order chi connectivity index (χ0) is 17.3. The van der Waals surface area contributed by atoms with Crippen LogP contribution in [0.25, 0.3) is 11.0 Å². The fraction of sp³-hybridized carbons (Fsp3) is 0.250. The van der Waals surface area contributed by atoms with E-state index in [0.717, 1.165) is 50.7 Å². The van der Waals surface area contributed by atoms with Crippen molar-refractivity contribution in [2.45, 2.75) is 33.6 Å². The minimum atomic E-state index is -0.199. The van der Waals surface area contributed by atoms with Crippen molar-refractivity contribution in [3.05, 3.63) is 63.3 Å². The zero-order valence-electron chi connectivity index (χ0n) is 14.1. The molecular formula is C20H20BrNO2. The SMILES string of the molecule is CCc1cccc(CC)c1NC(=O)c1oc2ccc(Br)cc2c1C. The van der Waals surface area contributed by atoms with Crippen LogP contribution in [-0.4, -0.2) is 5.91 Å². The van der Waals surface area contributed by atoms with Crippen molar-refractivity contribution in [2.24, 2.45) is 0 Å². The van der Waals surface area contributed by atoms with Crippen molar-refractivity contribution in [3.63, 3.8) is 0 Å². The quantitative estimate of drug-likeness (QED) is 0.608. The molecule has 0 aliphatic heterocycles. The van der Waals surface area contributed by atoms with Crippen molar-refractivity contribution in [2.75, 3.05) is 5.32 Å². The van der Waals surface area contributed by atoms with Crippen LogP contribution in [0, 0.1) is 6.92 Å². The summed E-state index contributed by atoms with van der Waals surface area (Å²) in [7, 11) is 0. The number of carbonyl (C=O) groups is 1. The summed E-state index contributed by atoms with van der Waals surface area (Å²) in [5.74, 6) is 0.173. The van der Waals surface area contributed by atoms with Crippen molar-refractivity contribution in [1.82, 2.24) is 0 Å². The minimum Gasteiger partial charge on any atom is -0.451 e. The summed E-state index contributed by atoms with van der Waals surface area (Å²) in [6.07, 6.45) is 1.74. The van der Waals surface area contributed by atoms with Crippen LogP contribution in [0.2, 0.25) is 0 Å². The number of carbonyl (C=O) groups excluding carboxylic acids is 1. The number of benzene rings is 2. The minimum absolute atomic E-state index is 0.199. The van der Waals surface area contributed by atoms with Crippen LogP contribution in [0.1, 0.15) is 41.1 Å². The number of para-hydroxylation sites is 1. The molecule has 0 atom stereocenters. The molecule has 1 aromatic heterocycles. The molecule has 4 heteroatoms. The Bertz CT molecular complexity index is 889. The lowest BCUT2D eigenvalue weighted by Gasteiger charge is -2.13. The Morgan fingerprint density at radius 1 is 1.12 bits per heavy atom. The van der Waals surface area contributed by atoms with Gasteiger partial charge in [-0.05, 0) is 49.1 Å². The lowest BCUT2D eigenvalue weighted by Crippen LogP contribution is -2.15. The monoisotopic (exact) mass is 385 g/mol. The second-order valence-electron chi connectivity index (χ2n) is 5.81. The van der Waals surface area contributed by atoms with Crippen LogP contribution in [0.15, 0.2) is 45.3 Å². The molecule has 0 saturated heterocycles. The van der Waals surface area contributed by atoms with E-state index in [9.17, 15) is 4.79 Å². The molecule has 3 nitrogen and oxygen atoms in total. The number of furan rings is 1. The van der Waals surface area contributed by atoms with E-state index in [0.29, 0.717) is 5.76 Å². The van der Waals surface area contributed by atoms with Crippen LogP contribution in [0.3, 0.4) is 0 Å². The maximum absolute atomic E-state index is 12.8. The lowest BCUT2D eigenvalue weighted by atomic mass is 10.0. The van der Waals surface area contributed by atoms with Crippen LogP contribution >= 0.6 is 15.9 Å². The van der Waals surface area contributed by atoms with Crippen LogP contribution in [-0.2, 0) is 12.8 Å². The van der Waals surface area contributed by atoms with Gasteiger partial charge in [-0.1, -0.05) is 48.0 Å². The number of hydrogen-bond acceptors (Lipinski definition) is 2. The fourth-order valence-corrected chi connectivity index (χ4v) is 3.34. The molecule has 24 heavy (non-hydrogen) atoms. The van der Waals surface area contributed by atoms with E-state index in [4.69, 9.17) is 4.42 Å². The third-order valence-electron chi connectivity index (χ3n) is 4.34. The fourth-order valence-electron chi connectivity index (χ4n) is 2.98. The van der Waals surface area contributed by atoms with Crippen molar-refractivity contribution >= 4 is 38.5 Å². The van der Waals surface area contributed by atoms with E-state index in [1.54, 1.807) is 0 Å². The van der Waals surface area contributed by atoms with Gasteiger partial charge in [0.25, 0.3) is 5.91 Å². The molecule has 0 bridgehead atoms. The van der Waals surface area contributed by atoms with Crippen LogP contribution in [0.5, 0.6) is 0 Å². The number of fused-ring (bicyclic) bond motifs is 1. The Labute approximate surface area is 150 Å². The van der Waals surface area contributed by atoms with Gasteiger partial charge in [-0.25, -0.2) is 0 Å². The average molecular weight is 386 g/mol. The number of anilines is 1. The first-order chi connectivity index (χ1) is 11.5. The van der Waals surface area contributed by atoms with E-state index in [-0.39, 0.29) is 5.91 Å². The standard InChI is InChI=1S/C20H20BrNO2/c1-4-13-7-6-8-14(5-2)18(13)22-20(23)19-12(3)16-11-15(21)9-10-17(16)24-19/h6-11H,4-5H2,1-3H3,(H,22,23). The Hall–Kier alpha value is -2.07. The number of aryl methyl sites for hydroxylation is 3.